The topological polar surface area (TPSA) is 132 Å². The minimum Gasteiger partial charge on any atom is -0.379 e. The quantitative estimate of drug-likeness (QED) is 0.270. The van der Waals surface area contributed by atoms with Crippen LogP contribution in [0.4, 0.5) is 0 Å². The van der Waals surface area contributed by atoms with Gasteiger partial charge in [0.1, 0.15) is 12.1 Å². The zero-order chi connectivity index (χ0) is 37.3. The molecule has 2 heterocycles. The fraction of sp³-hybridized carbons (Fsp3) is 0.711. The van der Waals surface area contributed by atoms with Crippen molar-refractivity contribution in [3.63, 3.8) is 0 Å². The fourth-order valence-electron chi connectivity index (χ4n) is 7.62. The van der Waals surface area contributed by atoms with Crippen LogP contribution in [0, 0.1) is 17.8 Å². The molecule has 12 heteroatoms. The Morgan fingerprint density at radius 1 is 0.920 bits per heavy atom. The van der Waals surface area contributed by atoms with Gasteiger partial charge < -0.3 is 25.2 Å². The lowest BCUT2D eigenvalue weighted by Crippen LogP contribution is -2.59. The molecular weight excluding hydrogens is 636 g/mol. The number of benzene rings is 1. The van der Waals surface area contributed by atoms with Crippen LogP contribution in [-0.2, 0) is 35.3 Å². The van der Waals surface area contributed by atoms with Crippen molar-refractivity contribution in [3.05, 3.63) is 35.9 Å². The van der Waals surface area contributed by atoms with E-state index >= 15 is 0 Å². The molecule has 0 radical (unpaired) electrons. The van der Waals surface area contributed by atoms with Crippen molar-refractivity contribution in [1.29, 1.82) is 0 Å². The van der Waals surface area contributed by atoms with E-state index in [2.05, 4.69) is 10.6 Å². The van der Waals surface area contributed by atoms with Crippen molar-refractivity contribution in [3.8, 4) is 0 Å². The summed E-state index contributed by atoms with van der Waals surface area (Å²) in [4.78, 5) is 75.9. The van der Waals surface area contributed by atoms with E-state index in [-0.39, 0.29) is 54.5 Å². The number of carbonyl (C=O) groups excluding carboxylic acids is 5. The molecule has 2 aliphatic rings. The Kier molecular flexibility index (Phi) is 15.4. The second-order valence-corrected chi connectivity index (χ2v) is 15.2. The smallest absolute Gasteiger partial charge is 0.252 e. The van der Waals surface area contributed by atoms with Gasteiger partial charge in [0.2, 0.25) is 23.6 Å². The van der Waals surface area contributed by atoms with Crippen LogP contribution in [-0.4, -0.2) is 127 Å². The van der Waals surface area contributed by atoms with Crippen molar-refractivity contribution in [2.45, 2.75) is 117 Å². The number of hydrogen-bond acceptors (Lipinski definition) is 8. The standard InChI is InChI=1S/C38H62N6O6/c1-24(2)32(40-35(46)34(26(5)6)41(7)8)38(49)42(9)33(25(3)4)30(50-10)22-31(45)44(23-27-16-12-11-13-17-27)37(48)29-19-15-21-43(29)36(47)28-18-14-20-39-28/h11-13,16-17,24-26,28-30,32-34,39H,14-15,18-23H2,1-10H3,(H,40,46)/t28?,29?,30-,32+,33+,34+/m1/s1. The highest BCUT2D eigenvalue weighted by Gasteiger charge is 2.43. The Balaban J connectivity index is 1.87. The highest BCUT2D eigenvalue weighted by Crippen LogP contribution is 2.26. The van der Waals surface area contributed by atoms with Crippen LogP contribution in [0.2, 0.25) is 0 Å². The summed E-state index contributed by atoms with van der Waals surface area (Å²) in [7, 11) is 6.88. The number of ether oxygens (including phenoxy) is 1. The summed E-state index contributed by atoms with van der Waals surface area (Å²) in [6.07, 6.45) is 1.91. The van der Waals surface area contributed by atoms with Gasteiger partial charge in [-0.05, 0) is 69.6 Å². The zero-order valence-corrected chi connectivity index (χ0v) is 32.0. The lowest BCUT2D eigenvalue weighted by Gasteiger charge is -2.40. The van der Waals surface area contributed by atoms with E-state index in [0.717, 1.165) is 24.9 Å². The van der Waals surface area contributed by atoms with Crippen molar-refractivity contribution in [2.75, 3.05) is 41.3 Å². The molecule has 280 valence electrons. The molecule has 0 saturated carbocycles. The number of methoxy groups -OCH3 is 1. The van der Waals surface area contributed by atoms with E-state index in [4.69, 9.17) is 4.74 Å². The summed E-state index contributed by atoms with van der Waals surface area (Å²) in [5.74, 6) is -1.71. The monoisotopic (exact) mass is 698 g/mol. The average molecular weight is 699 g/mol. The zero-order valence-electron chi connectivity index (χ0n) is 32.0. The molecule has 2 fully saturated rings. The van der Waals surface area contributed by atoms with Gasteiger partial charge in [-0.3, -0.25) is 33.8 Å². The van der Waals surface area contributed by atoms with Gasteiger partial charge in [-0.15, -0.1) is 0 Å². The first-order valence-corrected chi connectivity index (χ1v) is 18.3. The third-order valence-electron chi connectivity index (χ3n) is 10.2. The maximum atomic E-state index is 14.3. The molecule has 2 saturated heterocycles. The molecule has 0 spiro atoms. The maximum absolute atomic E-state index is 14.3. The summed E-state index contributed by atoms with van der Waals surface area (Å²) >= 11 is 0. The number of hydrogen-bond donors (Lipinski definition) is 2. The molecule has 2 aliphatic heterocycles. The molecule has 2 N–H and O–H groups in total. The van der Waals surface area contributed by atoms with E-state index in [0.29, 0.717) is 19.4 Å². The number of likely N-dealkylation sites (N-methyl/N-ethyl adjacent to an activating group) is 2. The Morgan fingerprint density at radius 2 is 1.58 bits per heavy atom. The molecule has 0 aromatic heterocycles. The first-order chi connectivity index (χ1) is 23.6. The first kappa shape index (κ1) is 41.1. The van der Waals surface area contributed by atoms with Crippen molar-refractivity contribution >= 4 is 29.5 Å². The second-order valence-electron chi connectivity index (χ2n) is 15.2. The predicted octanol–water partition coefficient (Wildman–Crippen LogP) is 2.90. The second kappa shape index (κ2) is 18.8. The molecule has 1 aromatic carbocycles. The highest BCUT2D eigenvalue weighted by molar-refractivity contribution is 6.00. The van der Waals surface area contributed by atoms with Gasteiger partial charge in [0.15, 0.2) is 0 Å². The van der Waals surface area contributed by atoms with Gasteiger partial charge in [0.05, 0.1) is 37.2 Å². The van der Waals surface area contributed by atoms with Crippen molar-refractivity contribution in [2.24, 2.45) is 17.8 Å². The van der Waals surface area contributed by atoms with Crippen molar-refractivity contribution in [1.82, 2.24) is 30.2 Å². The average Bonchev–Trinajstić information content (AvgIpc) is 3.78. The van der Waals surface area contributed by atoms with E-state index in [1.54, 1.807) is 16.8 Å². The molecular formula is C38H62N6O6. The van der Waals surface area contributed by atoms with Crippen LogP contribution < -0.4 is 10.6 Å². The number of rotatable bonds is 16. The third-order valence-corrected chi connectivity index (χ3v) is 10.2. The molecule has 1 aromatic rings. The third kappa shape index (κ3) is 10.1. The molecule has 0 aliphatic carbocycles. The van der Waals surface area contributed by atoms with Gasteiger partial charge in [0.25, 0.3) is 5.91 Å². The van der Waals surface area contributed by atoms with E-state index < -0.39 is 42.1 Å². The van der Waals surface area contributed by atoms with Crippen LogP contribution in [0.25, 0.3) is 0 Å². The Hall–Kier alpha value is -3.35. The van der Waals surface area contributed by atoms with Gasteiger partial charge in [-0.1, -0.05) is 71.9 Å². The van der Waals surface area contributed by atoms with Crippen LogP contribution in [0.3, 0.4) is 0 Å². The highest BCUT2D eigenvalue weighted by atomic mass is 16.5. The van der Waals surface area contributed by atoms with Crippen molar-refractivity contribution < 1.29 is 28.7 Å². The minimum atomic E-state index is -0.792. The first-order valence-electron chi connectivity index (χ1n) is 18.3. The van der Waals surface area contributed by atoms with Crippen LogP contribution in [0.15, 0.2) is 30.3 Å². The number of amides is 5. The van der Waals surface area contributed by atoms with Crippen LogP contribution in [0.1, 0.15) is 79.2 Å². The SMILES string of the molecule is CO[C@H](CC(=O)N(Cc1ccccc1)C(=O)C1CCCN1C(=O)C1CCCN1)[C@H](C(C)C)N(C)C(=O)[C@@H](NC(=O)[C@H](C(C)C)N(C)C)C(C)C. The Morgan fingerprint density at radius 3 is 2.10 bits per heavy atom. The largest absolute Gasteiger partial charge is 0.379 e. The van der Waals surface area contributed by atoms with Crippen LogP contribution in [0.5, 0.6) is 0 Å². The number of nitrogens with one attached hydrogen (secondary N) is 2. The molecule has 0 bridgehead atoms. The van der Waals surface area contributed by atoms with Gasteiger partial charge >= 0.3 is 0 Å². The molecule has 3 rings (SSSR count). The molecule has 2 unspecified atom stereocenters. The molecule has 5 amide bonds. The van der Waals surface area contributed by atoms with Gasteiger partial charge in [-0.25, -0.2) is 0 Å². The number of likely N-dealkylation sites (tertiary alicyclic amines) is 1. The normalized spacial score (nSPS) is 20.2. The van der Waals surface area contributed by atoms with Gasteiger partial charge in [0, 0.05) is 20.7 Å². The van der Waals surface area contributed by atoms with Gasteiger partial charge in [-0.2, -0.15) is 0 Å². The van der Waals surface area contributed by atoms with Crippen LogP contribution >= 0.6 is 0 Å². The van der Waals surface area contributed by atoms with E-state index in [9.17, 15) is 24.0 Å². The summed E-state index contributed by atoms with van der Waals surface area (Å²) in [5.41, 5.74) is 0.789. The van der Waals surface area contributed by atoms with E-state index in [1.807, 2.05) is 90.9 Å². The minimum absolute atomic E-state index is 0.0355. The summed E-state index contributed by atoms with van der Waals surface area (Å²) in [6, 6.07) is 6.55. The summed E-state index contributed by atoms with van der Waals surface area (Å²) in [6.45, 7) is 13.0. The number of carbonyl (C=O) groups is 5. The summed E-state index contributed by atoms with van der Waals surface area (Å²) in [5, 5.41) is 6.25. The lowest BCUT2D eigenvalue weighted by atomic mass is 9.92. The number of nitrogens with zero attached hydrogens (tertiary/aromatic N) is 4. The van der Waals surface area contributed by atoms with E-state index in [1.165, 1.54) is 12.0 Å². The molecule has 12 nitrogen and oxygen atoms in total. The molecule has 6 atom stereocenters. The lowest BCUT2D eigenvalue weighted by molar-refractivity contribution is -0.155. The summed E-state index contributed by atoms with van der Waals surface area (Å²) < 4.78 is 5.95. The Bertz CT molecular complexity index is 1290. The Labute approximate surface area is 299 Å². The predicted molar refractivity (Wildman–Crippen MR) is 194 cm³/mol. The molecule has 50 heavy (non-hydrogen) atoms. The number of imide groups is 1. The maximum Gasteiger partial charge on any atom is 0.252 e. The fourth-order valence-corrected chi connectivity index (χ4v) is 7.62.